The molecule has 2 aromatic carbocycles. The Morgan fingerprint density at radius 3 is 2.26 bits per heavy atom. The van der Waals surface area contributed by atoms with Gasteiger partial charge in [-0.2, -0.15) is 0 Å². The third-order valence-electron chi connectivity index (χ3n) is 4.51. The number of urea groups is 1. The highest BCUT2D eigenvalue weighted by Crippen LogP contribution is 2.15. The van der Waals surface area contributed by atoms with Crippen molar-refractivity contribution in [1.82, 2.24) is 10.6 Å². The molecule has 1 heterocycles. The Hall–Kier alpha value is -3.53. The van der Waals surface area contributed by atoms with Crippen LogP contribution in [-0.4, -0.2) is 43.6 Å². The van der Waals surface area contributed by atoms with Gasteiger partial charge in [-0.1, -0.05) is 0 Å². The molecule has 4 amide bonds. The van der Waals surface area contributed by atoms with Gasteiger partial charge in [0.15, 0.2) is 11.6 Å². The van der Waals surface area contributed by atoms with Crippen molar-refractivity contribution in [3.63, 3.8) is 0 Å². The number of hydrogen-bond acceptors (Lipinski definition) is 4. The van der Waals surface area contributed by atoms with Crippen LogP contribution < -0.4 is 21.3 Å². The number of hydrogen-bond donors (Lipinski definition) is 4. The van der Waals surface area contributed by atoms with Crippen molar-refractivity contribution in [2.45, 2.75) is 18.9 Å². The van der Waals surface area contributed by atoms with Gasteiger partial charge in [-0.3, -0.25) is 9.59 Å². The SMILES string of the molecule is O=C(Nc1ccc(C(=O)NCCNC(=O)C2CCCO2)cc1)Nc1ccc(F)c(F)c1. The summed E-state index contributed by atoms with van der Waals surface area (Å²) in [6, 6.07) is 8.45. The van der Waals surface area contributed by atoms with Crippen LogP contribution in [0.25, 0.3) is 0 Å². The summed E-state index contributed by atoms with van der Waals surface area (Å²) in [7, 11) is 0. The van der Waals surface area contributed by atoms with E-state index in [1.807, 2.05) is 0 Å². The smallest absolute Gasteiger partial charge is 0.323 e. The molecule has 0 bridgehead atoms. The van der Waals surface area contributed by atoms with Crippen molar-refractivity contribution in [3.8, 4) is 0 Å². The largest absolute Gasteiger partial charge is 0.368 e. The first-order chi connectivity index (χ1) is 14.9. The lowest BCUT2D eigenvalue weighted by atomic mass is 10.2. The van der Waals surface area contributed by atoms with E-state index < -0.39 is 23.8 Å². The summed E-state index contributed by atoms with van der Waals surface area (Å²) in [6.07, 6.45) is 1.17. The monoisotopic (exact) mass is 432 g/mol. The molecule has 1 saturated heterocycles. The van der Waals surface area contributed by atoms with Gasteiger partial charge in [-0.15, -0.1) is 0 Å². The third kappa shape index (κ3) is 6.48. The minimum Gasteiger partial charge on any atom is -0.368 e. The average molecular weight is 432 g/mol. The van der Waals surface area contributed by atoms with Gasteiger partial charge in [0.1, 0.15) is 6.10 Å². The van der Waals surface area contributed by atoms with Crippen LogP contribution in [0, 0.1) is 11.6 Å². The van der Waals surface area contributed by atoms with E-state index in [1.165, 1.54) is 30.3 Å². The van der Waals surface area contributed by atoms with Gasteiger partial charge in [0, 0.05) is 42.7 Å². The van der Waals surface area contributed by atoms with Gasteiger partial charge in [-0.25, -0.2) is 13.6 Å². The van der Waals surface area contributed by atoms with E-state index in [2.05, 4.69) is 21.3 Å². The number of anilines is 2. The molecular weight excluding hydrogens is 410 g/mol. The predicted octanol–water partition coefficient (Wildman–Crippen LogP) is 2.63. The second-order valence-corrected chi connectivity index (χ2v) is 6.83. The van der Waals surface area contributed by atoms with Crippen molar-refractivity contribution in [2.75, 3.05) is 30.3 Å². The molecule has 0 radical (unpaired) electrons. The molecule has 0 aliphatic carbocycles. The molecule has 0 saturated carbocycles. The zero-order valence-corrected chi connectivity index (χ0v) is 16.5. The summed E-state index contributed by atoms with van der Waals surface area (Å²) >= 11 is 0. The van der Waals surface area contributed by atoms with E-state index in [-0.39, 0.29) is 30.6 Å². The molecule has 3 rings (SSSR count). The molecule has 31 heavy (non-hydrogen) atoms. The van der Waals surface area contributed by atoms with Gasteiger partial charge in [0.25, 0.3) is 5.91 Å². The average Bonchev–Trinajstić information content (AvgIpc) is 3.29. The van der Waals surface area contributed by atoms with Gasteiger partial charge in [0.05, 0.1) is 0 Å². The quantitative estimate of drug-likeness (QED) is 0.505. The highest BCUT2D eigenvalue weighted by atomic mass is 19.2. The summed E-state index contributed by atoms with van der Waals surface area (Å²) in [4.78, 5) is 35.9. The number of halogens is 2. The standard InChI is InChI=1S/C21H22F2N4O4/c22-16-8-7-15(12-17(16)23)27-21(30)26-14-5-3-13(4-6-14)19(28)24-9-10-25-20(29)18-2-1-11-31-18/h3-8,12,18H,1-2,9-11H2,(H,24,28)(H,25,29)(H2,26,27,30). The Labute approximate surface area is 177 Å². The van der Waals surface area contributed by atoms with E-state index in [4.69, 9.17) is 4.74 Å². The fourth-order valence-corrected chi connectivity index (χ4v) is 2.93. The molecule has 1 fully saturated rings. The van der Waals surface area contributed by atoms with Crippen molar-refractivity contribution in [1.29, 1.82) is 0 Å². The van der Waals surface area contributed by atoms with Crippen LogP contribution in [0.4, 0.5) is 25.0 Å². The van der Waals surface area contributed by atoms with Crippen molar-refractivity contribution >= 4 is 29.2 Å². The minimum atomic E-state index is -1.07. The summed E-state index contributed by atoms with van der Waals surface area (Å²) in [5.74, 6) is -2.59. The number of amides is 4. The van der Waals surface area contributed by atoms with E-state index in [0.717, 1.165) is 18.6 Å². The highest BCUT2D eigenvalue weighted by molar-refractivity contribution is 6.00. The maximum Gasteiger partial charge on any atom is 0.323 e. The molecule has 8 nitrogen and oxygen atoms in total. The second-order valence-electron chi connectivity index (χ2n) is 6.83. The number of carbonyl (C=O) groups excluding carboxylic acids is 3. The first-order valence-electron chi connectivity index (χ1n) is 9.73. The molecule has 10 heteroatoms. The Morgan fingerprint density at radius 2 is 1.58 bits per heavy atom. The molecule has 1 aliphatic rings. The normalized spacial score (nSPS) is 15.2. The van der Waals surface area contributed by atoms with Gasteiger partial charge in [0.2, 0.25) is 5.91 Å². The molecule has 4 N–H and O–H groups in total. The van der Waals surface area contributed by atoms with E-state index in [0.29, 0.717) is 24.3 Å². The van der Waals surface area contributed by atoms with Crippen molar-refractivity contribution < 1.29 is 27.9 Å². The van der Waals surface area contributed by atoms with Crippen LogP contribution in [0.3, 0.4) is 0 Å². The molecule has 0 spiro atoms. The highest BCUT2D eigenvalue weighted by Gasteiger charge is 2.22. The lowest BCUT2D eigenvalue weighted by molar-refractivity contribution is -0.129. The number of rotatable bonds is 7. The predicted molar refractivity (Wildman–Crippen MR) is 110 cm³/mol. The summed E-state index contributed by atoms with van der Waals surface area (Å²) < 4.78 is 31.4. The van der Waals surface area contributed by atoms with Gasteiger partial charge >= 0.3 is 6.03 Å². The van der Waals surface area contributed by atoms with Crippen LogP contribution in [0.2, 0.25) is 0 Å². The van der Waals surface area contributed by atoms with Crippen LogP contribution in [0.15, 0.2) is 42.5 Å². The minimum absolute atomic E-state index is 0.0963. The van der Waals surface area contributed by atoms with Gasteiger partial charge in [-0.05, 0) is 49.2 Å². The molecule has 0 aromatic heterocycles. The van der Waals surface area contributed by atoms with Crippen LogP contribution in [0.1, 0.15) is 23.2 Å². The lowest BCUT2D eigenvalue weighted by Gasteiger charge is -2.11. The summed E-state index contributed by atoms with van der Waals surface area (Å²) in [6.45, 7) is 1.13. The zero-order valence-electron chi connectivity index (χ0n) is 16.5. The molecule has 1 unspecified atom stereocenters. The topological polar surface area (TPSA) is 109 Å². The second kappa shape index (κ2) is 10.5. The van der Waals surface area contributed by atoms with Crippen molar-refractivity contribution in [2.24, 2.45) is 0 Å². The summed E-state index contributed by atoms with van der Waals surface area (Å²) in [5, 5.41) is 10.3. The van der Waals surface area contributed by atoms with E-state index in [9.17, 15) is 23.2 Å². The molecule has 2 aromatic rings. The van der Waals surface area contributed by atoms with Crippen LogP contribution in [0.5, 0.6) is 0 Å². The maximum atomic E-state index is 13.2. The Kier molecular flexibility index (Phi) is 7.50. The van der Waals surface area contributed by atoms with Crippen molar-refractivity contribution in [3.05, 3.63) is 59.7 Å². The Bertz CT molecular complexity index is 947. The summed E-state index contributed by atoms with van der Waals surface area (Å²) in [5.41, 5.74) is 0.872. The van der Waals surface area contributed by atoms with Gasteiger partial charge < -0.3 is 26.0 Å². The molecule has 1 atom stereocenters. The fraction of sp³-hybridized carbons (Fsp3) is 0.286. The van der Waals surface area contributed by atoms with E-state index >= 15 is 0 Å². The Morgan fingerprint density at radius 1 is 0.903 bits per heavy atom. The number of benzene rings is 2. The number of nitrogens with one attached hydrogen (secondary N) is 4. The van der Waals surface area contributed by atoms with Crippen LogP contribution >= 0.6 is 0 Å². The number of carbonyl (C=O) groups is 3. The first kappa shape index (κ1) is 22.2. The zero-order chi connectivity index (χ0) is 22.2. The number of ether oxygens (including phenoxy) is 1. The fourth-order valence-electron chi connectivity index (χ4n) is 2.93. The van der Waals surface area contributed by atoms with Crippen LogP contribution in [-0.2, 0) is 9.53 Å². The third-order valence-corrected chi connectivity index (χ3v) is 4.51. The maximum absolute atomic E-state index is 13.2. The Balaban J connectivity index is 1.41. The molecule has 164 valence electrons. The molecule has 1 aliphatic heterocycles. The molecular formula is C21H22F2N4O4. The van der Waals surface area contributed by atoms with E-state index in [1.54, 1.807) is 0 Å². The lowest BCUT2D eigenvalue weighted by Crippen LogP contribution is -2.39. The first-order valence-corrected chi connectivity index (χ1v) is 9.73.